The minimum absolute atomic E-state index is 0.0126. The molecule has 1 spiro atoms. The van der Waals surface area contributed by atoms with Crippen LogP contribution in [-0.2, 0) is 26.8 Å². The fraction of sp³-hybridized carbons (Fsp3) is 0.783. The van der Waals surface area contributed by atoms with E-state index in [4.69, 9.17) is 14.7 Å². The van der Waals surface area contributed by atoms with Gasteiger partial charge in [-0.3, -0.25) is 4.79 Å². The van der Waals surface area contributed by atoms with Crippen molar-refractivity contribution in [3.63, 3.8) is 0 Å². The van der Waals surface area contributed by atoms with Gasteiger partial charge in [-0.1, -0.05) is 34.6 Å². The summed E-state index contributed by atoms with van der Waals surface area (Å²) in [6.45, 7) is 14.9. The topological polar surface area (TPSA) is 67.4 Å². The van der Waals surface area contributed by atoms with Crippen LogP contribution >= 0.6 is 0 Å². The molecule has 1 aromatic rings. The predicted molar refractivity (Wildman–Crippen MR) is 114 cm³/mol. The summed E-state index contributed by atoms with van der Waals surface area (Å²) in [4.78, 5) is 24.6. The Bertz CT molecular complexity index is 797. The summed E-state index contributed by atoms with van der Waals surface area (Å²) in [5, 5.41) is 3.66. The van der Waals surface area contributed by atoms with Crippen LogP contribution < -0.4 is 5.32 Å². The molecule has 1 unspecified atom stereocenters. The van der Waals surface area contributed by atoms with Crippen LogP contribution in [0.25, 0.3) is 0 Å². The maximum absolute atomic E-state index is 12.4. The Morgan fingerprint density at radius 3 is 2.62 bits per heavy atom. The van der Waals surface area contributed by atoms with Crippen molar-refractivity contribution in [1.29, 1.82) is 0 Å². The molecule has 0 aromatic carbocycles. The van der Waals surface area contributed by atoms with Gasteiger partial charge in [-0.25, -0.2) is 9.97 Å². The first kappa shape index (κ1) is 20.6. The summed E-state index contributed by atoms with van der Waals surface area (Å²) in [6.07, 6.45) is 4.79. The van der Waals surface area contributed by atoms with E-state index in [1.54, 1.807) is 0 Å². The number of ether oxygens (including phenoxy) is 1. The highest BCUT2D eigenvalue weighted by molar-refractivity contribution is 5.76. The molecule has 3 aliphatic rings. The second-order valence-corrected chi connectivity index (χ2v) is 10.7. The number of carbonyl (C=O) groups is 1. The SMILES string of the molecule is CCC(=O)N1CCCC2(CCc3c(NCC4(C)COC4)nc(C(C)(C)C)nc32)C1. The Balaban J connectivity index is 1.70. The molecule has 0 bridgehead atoms. The van der Waals surface area contributed by atoms with Crippen molar-refractivity contribution in [2.75, 3.05) is 38.2 Å². The van der Waals surface area contributed by atoms with Crippen molar-refractivity contribution < 1.29 is 9.53 Å². The fourth-order valence-electron chi connectivity index (χ4n) is 4.94. The third-order valence-electron chi connectivity index (χ3n) is 6.85. The molecule has 3 heterocycles. The third-order valence-corrected chi connectivity index (χ3v) is 6.85. The number of nitrogens with zero attached hydrogens (tertiary/aromatic N) is 3. The van der Waals surface area contributed by atoms with Crippen LogP contribution in [0, 0.1) is 5.41 Å². The number of piperidine rings is 1. The first-order valence-electron chi connectivity index (χ1n) is 11.2. The number of rotatable bonds is 4. The lowest BCUT2D eigenvalue weighted by atomic mass is 9.77. The average molecular weight is 401 g/mol. The molecule has 0 radical (unpaired) electrons. The van der Waals surface area contributed by atoms with Crippen LogP contribution in [0.4, 0.5) is 5.82 Å². The van der Waals surface area contributed by atoms with Gasteiger partial charge in [0.2, 0.25) is 5.91 Å². The monoisotopic (exact) mass is 400 g/mol. The van der Waals surface area contributed by atoms with E-state index < -0.39 is 0 Å². The van der Waals surface area contributed by atoms with Gasteiger partial charge in [-0.05, 0) is 25.7 Å². The Morgan fingerprint density at radius 1 is 1.24 bits per heavy atom. The standard InChI is InChI=1S/C23H36N4O2/c1-6-17(28)27-11-7-9-23(13-27)10-8-16-18(23)25-20(21(2,3)4)26-19(16)24-12-22(5)14-29-15-22/h6-15H2,1-5H3,(H,24,25,26). The highest BCUT2D eigenvalue weighted by Crippen LogP contribution is 2.46. The lowest BCUT2D eigenvalue weighted by Crippen LogP contribution is -2.48. The molecule has 1 amide bonds. The van der Waals surface area contributed by atoms with Crippen LogP contribution in [0.3, 0.4) is 0 Å². The molecule has 2 aliphatic heterocycles. The Morgan fingerprint density at radius 2 is 2.00 bits per heavy atom. The van der Waals surface area contributed by atoms with Gasteiger partial charge in [-0.2, -0.15) is 0 Å². The number of carbonyl (C=O) groups excluding carboxylic acids is 1. The van der Waals surface area contributed by atoms with E-state index in [1.807, 2.05) is 6.92 Å². The molecular weight excluding hydrogens is 364 g/mol. The number of likely N-dealkylation sites (tertiary alicyclic amines) is 1. The van der Waals surface area contributed by atoms with E-state index in [2.05, 4.69) is 37.9 Å². The number of anilines is 1. The number of amides is 1. The highest BCUT2D eigenvalue weighted by Gasteiger charge is 2.46. The molecule has 4 rings (SSSR count). The molecule has 1 aliphatic carbocycles. The predicted octanol–water partition coefficient (Wildman–Crippen LogP) is 3.44. The number of aromatic nitrogens is 2. The van der Waals surface area contributed by atoms with Gasteiger partial charge >= 0.3 is 0 Å². The normalized spacial score (nSPS) is 25.6. The first-order valence-corrected chi connectivity index (χ1v) is 11.2. The van der Waals surface area contributed by atoms with Gasteiger partial charge in [0.1, 0.15) is 11.6 Å². The molecule has 1 N–H and O–H groups in total. The average Bonchev–Trinajstić information content (AvgIpc) is 3.01. The quantitative estimate of drug-likeness (QED) is 0.839. The number of hydrogen-bond donors (Lipinski definition) is 1. The van der Waals surface area contributed by atoms with E-state index >= 15 is 0 Å². The summed E-state index contributed by atoms with van der Waals surface area (Å²) < 4.78 is 5.42. The molecule has 1 atom stereocenters. The largest absolute Gasteiger partial charge is 0.380 e. The maximum Gasteiger partial charge on any atom is 0.222 e. The fourth-order valence-corrected chi connectivity index (χ4v) is 4.94. The molecule has 2 fully saturated rings. The molecule has 160 valence electrons. The van der Waals surface area contributed by atoms with Crippen molar-refractivity contribution in [3.8, 4) is 0 Å². The Hall–Kier alpha value is -1.69. The van der Waals surface area contributed by atoms with Crippen LogP contribution in [0.15, 0.2) is 0 Å². The summed E-state index contributed by atoms with van der Waals surface area (Å²) in [6, 6.07) is 0. The maximum atomic E-state index is 12.4. The minimum atomic E-state index is -0.119. The molecule has 2 saturated heterocycles. The smallest absolute Gasteiger partial charge is 0.222 e. The van der Waals surface area contributed by atoms with Crippen molar-refractivity contribution in [3.05, 3.63) is 17.1 Å². The van der Waals surface area contributed by atoms with Gasteiger partial charge in [0.15, 0.2) is 0 Å². The summed E-state index contributed by atoms with van der Waals surface area (Å²) >= 11 is 0. The summed E-state index contributed by atoms with van der Waals surface area (Å²) in [5.41, 5.74) is 2.52. The van der Waals surface area contributed by atoms with Gasteiger partial charge in [0.25, 0.3) is 0 Å². The molecule has 6 heteroatoms. The van der Waals surface area contributed by atoms with E-state index in [0.29, 0.717) is 6.42 Å². The molecule has 0 saturated carbocycles. The Kier molecular flexibility index (Phi) is 5.12. The van der Waals surface area contributed by atoms with E-state index in [0.717, 1.165) is 70.2 Å². The van der Waals surface area contributed by atoms with E-state index in [1.165, 1.54) is 11.3 Å². The second kappa shape index (κ2) is 7.22. The molecular formula is C23H36N4O2. The summed E-state index contributed by atoms with van der Waals surface area (Å²) in [5.74, 6) is 2.16. The van der Waals surface area contributed by atoms with Crippen LogP contribution in [0.1, 0.15) is 77.4 Å². The van der Waals surface area contributed by atoms with Crippen LogP contribution in [0.5, 0.6) is 0 Å². The van der Waals surface area contributed by atoms with Crippen LogP contribution in [-0.4, -0.2) is 53.6 Å². The molecule has 6 nitrogen and oxygen atoms in total. The van der Waals surface area contributed by atoms with E-state index in [9.17, 15) is 4.79 Å². The van der Waals surface area contributed by atoms with Crippen molar-refractivity contribution in [2.45, 2.75) is 77.6 Å². The van der Waals surface area contributed by atoms with Crippen LogP contribution in [0.2, 0.25) is 0 Å². The van der Waals surface area contributed by atoms with Crippen molar-refractivity contribution in [2.24, 2.45) is 5.41 Å². The number of hydrogen-bond acceptors (Lipinski definition) is 5. The van der Waals surface area contributed by atoms with E-state index in [-0.39, 0.29) is 22.2 Å². The zero-order chi connectivity index (χ0) is 20.9. The minimum Gasteiger partial charge on any atom is -0.380 e. The lowest BCUT2D eigenvalue weighted by molar-refractivity contribution is -0.133. The van der Waals surface area contributed by atoms with Gasteiger partial charge in [-0.15, -0.1) is 0 Å². The van der Waals surface area contributed by atoms with Crippen molar-refractivity contribution in [1.82, 2.24) is 14.9 Å². The van der Waals surface area contributed by atoms with Gasteiger partial charge in [0, 0.05) is 47.9 Å². The van der Waals surface area contributed by atoms with Gasteiger partial charge in [0.05, 0.1) is 18.9 Å². The van der Waals surface area contributed by atoms with Crippen molar-refractivity contribution >= 4 is 11.7 Å². The number of nitrogens with one attached hydrogen (secondary N) is 1. The molecule has 29 heavy (non-hydrogen) atoms. The Labute approximate surface area is 174 Å². The zero-order valence-electron chi connectivity index (χ0n) is 18.7. The highest BCUT2D eigenvalue weighted by atomic mass is 16.5. The third kappa shape index (κ3) is 3.76. The summed E-state index contributed by atoms with van der Waals surface area (Å²) in [7, 11) is 0. The van der Waals surface area contributed by atoms with Gasteiger partial charge < -0.3 is 15.0 Å². The first-order chi connectivity index (χ1) is 13.7. The zero-order valence-corrected chi connectivity index (χ0v) is 18.7. The lowest BCUT2D eigenvalue weighted by Gasteiger charge is -2.41. The second-order valence-electron chi connectivity index (χ2n) is 10.7. The molecule has 1 aromatic heterocycles. The number of fused-ring (bicyclic) bond motifs is 2.